The molecule has 0 aliphatic rings. The van der Waals surface area contributed by atoms with Crippen molar-refractivity contribution in [3.05, 3.63) is 80.7 Å². The highest BCUT2D eigenvalue weighted by Crippen LogP contribution is 2.24. The fourth-order valence-corrected chi connectivity index (χ4v) is 3.43. The molecule has 3 aromatic rings. The van der Waals surface area contributed by atoms with E-state index in [9.17, 15) is 14.4 Å². The molecule has 162 valence electrons. The van der Waals surface area contributed by atoms with Gasteiger partial charge in [0.25, 0.3) is 5.91 Å². The molecule has 0 saturated carbocycles. The maximum absolute atomic E-state index is 12.8. The van der Waals surface area contributed by atoms with Gasteiger partial charge in [-0.25, -0.2) is 9.59 Å². The molecule has 0 aliphatic carbocycles. The van der Waals surface area contributed by atoms with E-state index < -0.39 is 17.6 Å². The molecule has 0 radical (unpaired) electrons. The van der Waals surface area contributed by atoms with Crippen molar-refractivity contribution in [1.29, 1.82) is 0 Å². The number of nitrogens with one attached hydrogen (secondary N) is 1. The van der Waals surface area contributed by atoms with E-state index in [-0.39, 0.29) is 18.4 Å². The molecular weight excluding hydrogens is 394 g/mol. The van der Waals surface area contributed by atoms with Crippen molar-refractivity contribution in [2.75, 3.05) is 0 Å². The first-order valence-electron chi connectivity index (χ1n) is 10.2. The maximum Gasteiger partial charge on any atom is 0.336 e. The summed E-state index contributed by atoms with van der Waals surface area (Å²) in [5.74, 6) is -1.06. The van der Waals surface area contributed by atoms with Crippen molar-refractivity contribution in [2.45, 2.75) is 47.3 Å². The minimum absolute atomic E-state index is 0.0904. The number of aryl methyl sites for hydroxylation is 3. The Kier molecular flexibility index (Phi) is 6.59. The minimum Gasteiger partial charge on any atom is -0.459 e. The lowest BCUT2D eigenvalue weighted by Gasteiger charge is -2.21. The number of hydrogen-bond donors (Lipinski definition) is 1. The molecule has 1 heterocycles. The second-order valence-electron chi connectivity index (χ2n) is 8.09. The number of amides is 1. The van der Waals surface area contributed by atoms with Crippen molar-refractivity contribution in [3.63, 3.8) is 0 Å². The van der Waals surface area contributed by atoms with Gasteiger partial charge in [0.05, 0.1) is 0 Å². The van der Waals surface area contributed by atoms with Gasteiger partial charge in [-0.2, -0.15) is 0 Å². The standard InChI is InChI=1S/C25H27NO5/c1-14(2)22(26-24(28)19-9-7-6-8-16(19)4)25(29)30-13-18-12-21(27)31-23-17(5)15(3)10-11-20(18)23/h6-12,14,22H,13H2,1-5H3,(H,26,28)/t22-/m0/s1. The first-order chi connectivity index (χ1) is 14.7. The zero-order valence-electron chi connectivity index (χ0n) is 18.4. The van der Waals surface area contributed by atoms with Crippen molar-refractivity contribution in [3.8, 4) is 0 Å². The summed E-state index contributed by atoms with van der Waals surface area (Å²) in [6, 6.07) is 11.5. The van der Waals surface area contributed by atoms with E-state index in [0.717, 1.165) is 22.1 Å². The Hall–Kier alpha value is -3.41. The Labute approximate surface area is 181 Å². The lowest BCUT2D eigenvalue weighted by molar-refractivity contribution is -0.148. The molecule has 0 unspecified atom stereocenters. The predicted octanol–water partition coefficient (Wildman–Crippen LogP) is 4.22. The van der Waals surface area contributed by atoms with E-state index in [1.807, 2.05) is 58.9 Å². The van der Waals surface area contributed by atoms with Crippen molar-refractivity contribution in [2.24, 2.45) is 5.92 Å². The fourth-order valence-electron chi connectivity index (χ4n) is 3.43. The highest BCUT2D eigenvalue weighted by Gasteiger charge is 2.27. The van der Waals surface area contributed by atoms with Crippen LogP contribution in [-0.2, 0) is 16.1 Å². The van der Waals surface area contributed by atoms with Crippen molar-refractivity contribution in [1.82, 2.24) is 5.32 Å². The van der Waals surface area contributed by atoms with Gasteiger partial charge in [-0.3, -0.25) is 4.79 Å². The molecule has 31 heavy (non-hydrogen) atoms. The first-order valence-corrected chi connectivity index (χ1v) is 10.2. The summed E-state index contributed by atoms with van der Waals surface area (Å²) in [7, 11) is 0. The molecular formula is C25H27NO5. The van der Waals surface area contributed by atoms with Gasteiger partial charge in [-0.15, -0.1) is 0 Å². The smallest absolute Gasteiger partial charge is 0.336 e. The maximum atomic E-state index is 12.8. The summed E-state index contributed by atoms with van der Waals surface area (Å²) in [5.41, 5.74) is 3.77. The van der Waals surface area contributed by atoms with Crippen LogP contribution in [0, 0.1) is 26.7 Å². The van der Waals surface area contributed by atoms with Crippen LogP contribution in [0.1, 0.15) is 46.5 Å². The zero-order chi connectivity index (χ0) is 22.7. The summed E-state index contributed by atoms with van der Waals surface area (Å²) >= 11 is 0. The van der Waals surface area contributed by atoms with E-state index in [2.05, 4.69) is 5.32 Å². The molecule has 0 fully saturated rings. The Bertz CT molecular complexity index is 1190. The summed E-state index contributed by atoms with van der Waals surface area (Å²) in [6.07, 6.45) is 0. The average molecular weight is 421 g/mol. The second kappa shape index (κ2) is 9.16. The molecule has 0 bridgehead atoms. The van der Waals surface area contributed by atoms with Gasteiger partial charge in [0.15, 0.2) is 0 Å². The Morgan fingerprint density at radius 2 is 1.74 bits per heavy atom. The average Bonchev–Trinajstić information content (AvgIpc) is 2.73. The molecule has 3 rings (SSSR count). The van der Waals surface area contributed by atoms with Crippen LogP contribution in [0.5, 0.6) is 0 Å². The highest BCUT2D eigenvalue weighted by atomic mass is 16.5. The number of ether oxygens (including phenoxy) is 1. The van der Waals surface area contributed by atoms with Gasteiger partial charge >= 0.3 is 11.6 Å². The first kappa shape index (κ1) is 22.3. The van der Waals surface area contributed by atoms with Crippen LogP contribution in [0.4, 0.5) is 0 Å². The summed E-state index contributed by atoms with van der Waals surface area (Å²) in [4.78, 5) is 37.5. The Balaban J connectivity index is 1.80. The third kappa shape index (κ3) is 4.85. The quantitative estimate of drug-likeness (QED) is 0.476. The monoisotopic (exact) mass is 421 g/mol. The van der Waals surface area contributed by atoms with Crippen LogP contribution in [-0.4, -0.2) is 17.9 Å². The van der Waals surface area contributed by atoms with Crippen LogP contribution >= 0.6 is 0 Å². The fraction of sp³-hybridized carbons (Fsp3) is 0.320. The van der Waals surface area contributed by atoms with Crippen LogP contribution in [0.15, 0.2) is 51.7 Å². The van der Waals surface area contributed by atoms with Gasteiger partial charge in [-0.1, -0.05) is 44.2 Å². The van der Waals surface area contributed by atoms with Crippen LogP contribution in [0.2, 0.25) is 0 Å². The van der Waals surface area contributed by atoms with E-state index in [1.54, 1.807) is 12.1 Å². The number of esters is 1. The van der Waals surface area contributed by atoms with Gasteiger partial charge in [-0.05, 0) is 49.4 Å². The second-order valence-corrected chi connectivity index (χ2v) is 8.09. The molecule has 1 aromatic heterocycles. The number of carbonyl (C=O) groups excluding carboxylic acids is 2. The molecule has 6 nitrogen and oxygen atoms in total. The molecule has 0 aliphatic heterocycles. The predicted molar refractivity (Wildman–Crippen MR) is 119 cm³/mol. The molecule has 6 heteroatoms. The lowest BCUT2D eigenvalue weighted by atomic mass is 10.0. The van der Waals surface area contributed by atoms with Gasteiger partial charge < -0.3 is 14.5 Å². The topological polar surface area (TPSA) is 85.6 Å². The van der Waals surface area contributed by atoms with E-state index in [0.29, 0.717) is 16.7 Å². The zero-order valence-corrected chi connectivity index (χ0v) is 18.4. The normalized spacial score (nSPS) is 12.1. The third-order valence-corrected chi connectivity index (χ3v) is 5.48. The van der Waals surface area contributed by atoms with Crippen LogP contribution in [0.25, 0.3) is 11.0 Å². The Morgan fingerprint density at radius 1 is 1.03 bits per heavy atom. The molecule has 1 amide bonds. The molecule has 0 spiro atoms. The van der Waals surface area contributed by atoms with Crippen LogP contribution in [0.3, 0.4) is 0 Å². The number of benzene rings is 2. The summed E-state index contributed by atoms with van der Waals surface area (Å²) < 4.78 is 10.9. The van der Waals surface area contributed by atoms with Crippen molar-refractivity contribution >= 4 is 22.8 Å². The SMILES string of the molecule is Cc1ccccc1C(=O)N[C@H](C(=O)OCc1cc(=O)oc2c(C)c(C)ccc12)C(C)C. The number of fused-ring (bicyclic) bond motifs is 1. The molecule has 1 N–H and O–H groups in total. The molecule has 1 atom stereocenters. The summed E-state index contributed by atoms with van der Waals surface area (Å²) in [5, 5.41) is 3.50. The Morgan fingerprint density at radius 3 is 2.42 bits per heavy atom. The highest BCUT2D eigenvalue weighted by molar-refractivity contribution is 5.98. The number of rotatable bonds is 6. The van der Waals surface area contributed by atoms with E-state index in [4.69, 9.17) is 9.15 Å². The summed E-state index contributed by atoms with van der Waals surface area (Å²) in [6.45, 7) is 9.24. The number of carbonyl (C=O) groups is 2. The lowest BCUT2D eigenvalue weighted by Crippen LogP contribution is -2.45. The minimum atomic E-state index is -0.817. The molecule has 0 saturated heterocycles. The van der Waals surface area contributed by atoms with Gasteiger partial charge in [0.1, 0.15) is 18.2 Å². The van der Waals surface area contributed by atoms with Crippen molar-refractivity contribution < 1.29 is 18.7 Å². The molecule has 2 aromatic carbocycles. The third-order valence-electron chi connectivity index (χ3n) is 5.48. The van der Waals surface area contributed by atoms with E-state index >= 15 is 0 Å². The largest absolute Gasteiger partial charge is 0.459 e. The number of hydrogen-bond acceptors (Lipinski definition) is 5. The van der Waals surface area contributed by atoms with Crippen LogP contribution < -0.4 is 10.9 Å². The van der Waals surface area contributed by atoms with Gasteiger partial charge in [0, 0.05) is 22.6 Å². The van der Waals surface area contributed by atoms with E-state index in [1.165, 1.54) is 6.07 Å². The van der Waals surface area contributed by atoms with Gasteiger partial charge in [0.2, 0.25) is 0 Å².